The van der Waals surface area contributed by atoms with E-state index in [0.717, 1.165) is 5.56 Å². The molecule has 1 heterocycles. The molecule has 9 nitrogen and oxygen atoms in total. The maximum Gasteiger partial charge on any atom is 0.330 e. The van der Waals surface area contributed by atoms with Crippen LogP contribution in [0.3, 0.4) is 0 Å². The van der Waals surface area contributed by atoms with Crippen LogP contribution in [0.2, 0.25) is 0 Å². The lowest BCUT2D eigenvalue weighted by molar-refractivity contribution is 0.104. The van der Waals surface area contributed by atoms with Crippen LogP contribution < -0.4 is 24.6 Å². The zero-order valence-corrected chi connectivity index (χ0v) is 20.8. The van der Waals surface area contributed by atoms with Gasteiger partial charge in [0, 0.05) is 17.3 Å². The zero-order chi connectivity index (χ0) is 26.5. The molecule has 4 aromatic rings. The predicted octanol–water partition coefficient (Wildman–Crippen LogP) is 4.47. The maximum absolute atomic E-state index is 12.9. The van der Waals surface area contributed by atoms with Gasteiger partial charge in [0.25, 0.3) is 0 Å². The average molecular weight is 503 g/mol. The molecule has 0 saturated heterocycles. The first-order valence-electron chi connectivity index (χ1n) is 11.2. The lowest BCUT2D eigenvalue weighted by Crippen LogP contribution is -2.14. The Kier molecular flexibility index (Phi) is 7.34. The van der Waals surface area contributed by atoms with Crippen molar-refractivity contribution in [3.05, 3.63) is 88.5 Å². The first-order valence-corrected chi connectivity index (χ1v) is 11.2. The van der Waals surface area contributed by atoms with Crippen molar-refractivity contribution in [3.63, 3.8) is 0 Å². The summed E-state index contributed by atoms with van der Waals surface area (Å²) in [7, 11) is 5.95. The minimum Gasteiger partial charge on any atom is -0.502 e. The monoisotopic (exact) mass is 502 g/mol. The van der Waals surface area contributed by atoms with Crippen LogP contribution in [-0.2, 0) is 0 Å². The van der Waals surface area contributed by atoms with Gasteiger partial charge < -0.3 is 29.0 Å². The number of allylic oxidation sites excluding steroid dienone is 1. The molecule has 0 saturated carbocycles. The van der Waals surface area contributed by atoms with E-state index < -0.39 is 0 Å². The highest BCUT2D eigenvalue weighted by Gasteiger charge is 2.13. The lowest BCUT2D eigenvalue weighted by atomic mass is 10.1. The number of benzene rings is 3. The van der Waals surface area contributed by atoms with E-state index in [9.17, 15) is 14.7 Å². The molecule has 190 valence electrons. The number of phenolic OH excluding ortho intramolecular Hbond substituents is 1. The summed E-state index contributed by atoms with van der Waals surface area (Å²) < 4.78 is 22.4. The standard InChI is InChI=1S/C28H26N2O7/c1-34-23-11-9-18(15-24(23)35-2)21-16-30(28(33)29-21)20-7-5-6-19(14-20)22(31)10-8-17-12-25(36-3)27(32)26(13-17)37-4/h5-16,32H,1-4H3,(H,29,33). The van der Waals surface area contributed by atoms with Gasteiger partial charge in [-0.1, -0.05) is 18.2 Å². The number of phenols is 1. The molecule has 0 atom stereocenters. The molecule has 1 aromatic heterocycles. The molecule has 0 fully saturated rings. The number of imidazole rings is 1. The second-order valence-electron chi connectivity index (χ2n) is 7.93. The Balaban J connectivity index is 1.61. The Morgan fingerprint density at radius 2 is 1.54 bits per heavy atom. The van der Waals surface area contributed by atoms with Crippen molar-refractivity contribution in [1.82, 2.24) is 9.55 Å². The van der Waals surface area contributed by atoms with Crippen molar-refractivity contribution in [2.45, 2.75) is 0 Å². The van der Waals surface area contributed by atoms with Crippen LogP contribution in [0.5, 0.6) is 28.7 Å². The third-order valence-corrected chi connectivity index (χ3v) is 5.75. The van der Waals surface area contributed by atoms with Gasteiger partial charge in [0.05, 0.1) is 39.8 Å². The Morgan fingerprint density at radius 3 is 2.19 bits per heavy atom. The number of carbonyl (C=O) groups is 1. The number of hydrogen-bond acceptors (Lipinski definition) is 7. The van der Waals surface area contributed by atoms with E-state index in [1.54, 1.807) is 75.0 Å². The Bertz CT molecular complexity index is 1510. The number of rotatable bonds is 9. The van der Waals surface area contributed by atoms with Crippen LogP contribution in [0.4, 0.5) is 0 Å². The molecular formula is C28H26N2O7. The van der Waals surface area contributed by atoms with Crippen molar-refractivity contribution >= 4 is 11.9 Å². The summed E-state index contributed by atoms with van der Waals surface area (Å²) >= 11 is 0. The molecule has 9 heteroatoms. The highest BCUT2D eigenvalue weighted by Crippen LogP contribution is 2.37. The van der Waals surface area contributed by atoms with Crippen molar-refractivity contribution in [1.29, 1.82) is 0 Å². The summed E-state index contributed by atoms with van der Waals surface area (Å²) in [6, 6.07) is 15.3. The number of ketones is 1. The van der Waals surface area contributed by atoms with Crippen molar-refractivity contribution in [2.24, 2.45) is 0 Å². The fourth-order valence-corrected chi connectivity index (χ4v) is 3.82. The molecule has 0 radical (unpaired) electrons. The van der Waals surface area contributed by atoms with Crippen molar-refractivity contribution < 1.29 is 28.8 Å². The summed E-state index contributed by atoms with van der Waals surface area (Å²) in [5.41, 5.74) is 2.50. The van der Waals surface area contributed by atoms with Crippen LogP contribution >= 0.6 is 0 Å². The van der Waals surface area contributed by atoms with Crippen LogP contribution in [0, 0.1) is 0 Å². The smallest absolute Gasteiger partial charge is 0.330 e. The molecule has 0 unspecified atom stereocenters. The largest absolute Gasteiger partial charge is 0.502 e. The molecule has 0 aliphatic heterocycles. The van der Waals surface area contributed by atoms with Gasteiger partial charge in [-0.2, -0.15) is 0 Å². The molecule has 0 spiro atoms. The maximum atomic E-state index is 12.9. The van der Waals surface area contributed by atoms with E-state index in [-0.39, 0.29) is 28.7 Å². The third-order valence-electron chi connectivity index (χ3n) is 5.75. The van der Waals surface area contributed by atoms with Gasteiger partial charge in [0.1, 0.15) is 0 Å². The number of H-pyrrole nitrogens is 1. The van der Waals surface area contributed by atoms with Crippen LogP contribution in [0.1, 0.15) is 15.9 Å². The minimum atomic E-state index is -0.354. The van der Waals surface area contributed by atoms with Gasteiger partial charge in [-0.25, -0.2) is 4.79 Å². The van der Waals surface area contributed by atoms with Crippen molar-refractivity contribution in [3.8, 4) is 45.7 Å². The number of ether oxygens (including phenoxy) is 4. The molecule has 0 aliphatic rings. The molecule has 2 N–H and O–H groups in total. The molecule has 3 aromatic carbocycles. The van der Waals surface area contributed by atoms with Crippen LogP contribution in [0.15, 0.2) is 71.7 Å². The highest BCUT2D eigenvalue weighted by atomic mass is 16.5. The summed E-state index contributed by atoms with van der Waals surface area (Å²) in [4.78, 5) is 28.5. The second kappa shape index (κ2) is 10.8. The van der Waals surface area contributed by atoms with Crippen LogP contribution in [-0.4, -0.2) is 48.9 Å². The molecule has 0 amide bonds. The number of nitrogens with zero attached hydrogens (tertiary/aromatic N) is 1. The fourth-order valence-electron chi connectivity index (χ4n) is 3.82. The quantitative estimate of drug-likeness (QED) is 0.257. The van der Waals surface area contributed by atoms with Gasteiger partial charge in [-0.05, 0) is 54.1 Å². The number of aromatic nitrogens is 2. The van der Waals surface area contributed by atoms with Gasteiger partial charge >= 0.3 is 5.69 Å². The van der Waals surface area contributed by atoms with E-state index in [0.29, 0.717) is 34.0 Å². The van der Waals surface area contributed by atoms with Crippen LogP contribution in [0.25, 0.3) is 23.0 Å². The second-order valence-corrected chi connectivity index (χ2v) is 7.93. The number of nitrogens with one attached hydrogen (secondary N) is 1. The first kappa shape index (κ1) is 25.2. The van der Waals surface area contributed by atoms with E-state index >= 15 is 0 Å². The topological polar surface area (TPSA) is 112 Å². The molecule has 0 bridgehead atoms. The lowest BCUT2D eigenvalue weighted by Gasteiger charge is -2.09. The number of aromatic amines is 1. The Morgan fingerprint density at radius 1 is 0.865 bits per heavy atom. The SMILES string of the molecule is COc1ccc(-c2cn(-c3cccc(C(=O)C=Cc4cc(OC)c(O)c(OC)c4)c3)c(=O)[nH]2)cc1OC. The van der Waals surface area contributed by atoms with E-state index in [1.165, 1.54) is 24.9 Å². The summed E-state index contributed by atoms with van der Waals surface area (Å²) in [6.45, 7) is 0. The molecule has 0 aliphatic carbocycles. The zero-order valence-electron chi connectivity index (χ0n) is 20.8. The van der Waals surface area contributed by atoms with Crippen molar-refractivity contribution in [2.75, 3.05) is 28.4 Å². The average Bonchev–Trinajstić information content (AvgIpc) is 3.33. The Hall–Kier alpha value is -4.92. The van der Waals surface area contributed by atoms with E-state index in [4.69, 9.17) is 18.9 Å². The number of methoxy groups -OCH3 is 4. The number of carbonyl (C=O) groups excluding carboxylic acids is 1. The predicted molar refractivity (Wildman–Crippen MR) is 140 cm³/mol. The van der Waals surface area contributed by atoms with Gasteiger partial charge in [-0.15, -0.1) is 0 Å². The Labute approximate surface area is 213 Å². The highest BCUT2D eigenvalue weighted by molar-refractivity contribution is 6.07. The number of hydrogen-bond donors (Lipinski definition) is 2. The first-order chi connectivity index (χ1) is 17.9. The normalized spacial score (nSPS) is 10.9. The third kappa shape index (κ3) is 5.20. The van der Waals surface area contributed by atoms with Gasteiger partial charge in [0.15, 0.2) is 28.8 Å². The van der Waals surface area contributed by atoms with E-state index in [1.807, 2.05) is 6.07 Å². The number of aromatic hydroxyl groups is 1. The summed E-state index contributed by atoms with van der Waals surface area (Å²) in [5.74, 6) is 1.19. The molecular weight excluding hydrogens is 476 g/mol. The van der Waals surface area contributed by atoms with Gasteiger partial charge in [0.2, 0.25) is 5.75 Å². The molecule has 4 rings (SSSR count). The molecule has 37 heavy (non-hydrogen) atoms. The van der Waals surface area contributed by atoms with Gasteiger partial charge in [-0.3, -0.25) is 9.36 Å². The summed E-state index contributed by atoms with van der Waals surface area (Å²) in [5, 5.41) is 10.1. The fraction of sp³-hybridized carbons (Fsp3) is 0.143. The minimum absolute atomic E-state index is 0.120. The van der Waals surface area contributed by atoms with E-state index in [2.05, 4.69) is 4.98 Å². The summed E-state index contributed by atoms with van der Waals surface area (Å²) in [6.07, 6.45) is 4.66.